The molecule has 0 aliphatic rings. The average Bonchev–Trinajstić information content (AvgIpc) is 2.69. The second kappa shape index (κ2) is 10.4. The molecule has 0 aliphatic heterocycles. The summed E-state index contributed by atoms with van der Waals surface area (Å²) in [6, 6.07) is 2.99. The van der Waals surface area contributed by atoms with E-state index in [4.69, 9.17) is 17.3 Å². The molecule has 32 heavy (non-hydrogen) atoms. The summed E-state index contributed by atoms with van der Waals surface area (Å²) in [4.78, 5) is 59.4. The van der Waals surface area contributed by atoms with E-state index < -0.39 is 23.1 Å². The number of amides is 2. The fourth-order valence-corrected chi connectivity index (χ4v) is 3.26. The van der Waals surface area contributed by atoms with Crippen LogP contribution in [0.1, 0.15) is 38.1 Å². The van der Waals surface area contributed by atoms with Gasteiger partial charge in [0.05, 0.1) is 5.56 Å². The number of nitrogens with two attached hydrogens (primary N) is 1. The SMILES string of the molecule is CC(C)CN(C(=O)CN(C)C(=O)c1ccc(Cl)nc1)c1c(N)n(CC(C)C)c(=O)[nH]c1=O. The number of aromatic nitrogens is 3. The van der Waals surface area contributed by atoms with Gasteiger partial charge >= 0.3 is 5.69 Å². The first-order valence-corrected chi connectivity index (χ1v) is 10.6. The van der Waals surface area contributed by atoms with Gasteiger partial charge < -0.3 is 15.5 Å². The number of H-pyrrole nitrogens is 1. The van der Waals surface area contributed by atoms with Gasteiger partial charge in [0.2, 0.25) is 5.91 Å². The molecule has 0 aliphatic carbocycles. The van der Waals surface area contributed by atoms with Gasteiger partial charge in [0.15, 0.2) is 5.69 Å². The van der Waals surface area contributed by atoms with E-state index in [2.05, 4.69) is 9.97 Å². The van der Waals surface area contributed by atoms with Crippen molar-refractivity contribution >= 4 is 34.9 Å². The number of carbonyl (C=O) groups is 2. The third kappa shape index (κ3) is 5.97. The van der Waals surface area contributed by atoms with Crippen LogP contribution in [0.25, 0.3) is 0 Å². The first kappa shape index (κ1) is 25.1. The van der Waals surface area contributed by atoms with Crippen molar-refractivity contribution < 1.29 is 9.59 Å². The molecule has 3 N–H and O–H groups in total. The van der Waals surface area contributed by atoms with Crippen molar-refractivity contribution in [3.05, 3.63) is 49.9 Å². The number of likely N-dealkylation sites (N-methyl/N-ethyl adjacent to an activating group) is 1. The van der Waals surface area contributed by atoms with E-state index in [0.29, 0.717) is 0 Å². The molecule has 2 rings (SSSR count). The molecule has 10 nitrogen and oxygen atoms in total. The van der Waals surface area contributed by atoms with Gasteiger partial charge in [0.1, 0.15) is 17.5 Å². The molecule has 0 radical (unpaired) electrons. The Hall–Kier alpha value is -3.14. The first-order chi connectivity index (χ1) is 14.9. The fourth-order valence-electron chi connectivity index (χ4n) is 3.15. The van der Waals surface area contributed by atoms with Gasteiger partial charge in [0, 0.05) is 26.3 Å². The van der Waals surface area contributed by atoms with Crippen LogP contribution in [0.4, 0.5) is 11.5 Å². The van der Waals surface area contributed by atoms with Gasteiger partial charge in [-0.15, -0.1) is 0 Å². The number of pyridine rings is 1. The molecule has 2 amide bonds. The molecule has 2 aromatic heterocycles. The molecule has 0 fully saturated rings. The van der Waals surface area contributed by atoms with Crippen LogP contribution in [0.15, 0.2) is 27.9 Å². The van der Waals surface area contributed by atoms with E-state index in [0.717, 1.165) is 0 Å². The summed E-state index contributed by atoms with van der Waals surface area (Å²) in [6.07, 6.45) is 1.32. The number of nitrogen functional groups attached to an aromatic ring is 1. The van der Waals surface area contributed by atoms with E-state index in [1.807, 2.05) is 27.7 Å². The molecule has 0 atom stereocenters. The predicted octanol–water partition coefficient (Wildman–Crippen LogP) is 1.58. The maximum absolute atomic E-state index is 13.2. The Morgan fingerprint density at radius 3 is 2.38 bits per heavy atom. The van der Waals surface area contributed by atoms with E-state index >= 15 is 0 Å². The van der Waals surface area contributed by atoms with Crippen molar-refractivity contribution in [3.63, 3.8) is 0 Å². The van der Waals surface area contributed by atoms with Gasteiger partial charge in [-0.05, 0) is 24.0 Å². The zero-order valence-electron chi connectivity index (χ0n) is 18.9. The lowest BCUT2D eigenvalue weighted by molar-refractivity contribution is -0.119. The Morgan fingerprint density at radius 1 is 1.19 bits per heavy atom. The van der Waals surface area contributed by atoms with Crippen LogP contribution in [0.3, 0.4) is 0 Å². The van der Waals surface area contributed by atoms with E-state index in [9.17, 15) is 19.2 Å². The highest BCUT2D eigenvalue weighted by Gasteiger charge is 2.27. The van der Waals surface area contributed by atoms with Crippen LogP contribution in [0.2, 0.25) is 5.15 Å². The number of rotatable bonds is 8. The number of hydrogen-bond donors (Lipinski definition) is 2. The van der Waals surface area contributed by atoms with Gasteiger partial charge in [0.25, 0.3) is 11.5 Å². The number of halogens is 1. The van der Waals surface area contributed by atoms with Crippen LogP contribution in [-0.2, 0) is 11.3 Å². The highest BCUT2D eigenvalue weighted by molar-refractivity contribution is 6.29. The molecule has 0 spiro atoms. The van der Waals surface area contributed by atoms with Crippen molar-refractivity contribution in [2.45, 2.75) is 34.2 Å². The topological polar surface area (TPSA) is 134 Å². The molecule has 0 unspecified atom stereocenters. The Bertz CT molecular complexity index is 1090. The minimum Gasteiger partial charge on any atom is -0.383 e. The van der Waals surface area contributed by atoms with E-state index in [1.54, 1.807) is 0 Å². The summed E-state index contributed by atoms with van der Waals surface area (Å²) in [7, 11) is 1.47. The van der Waals surface area contributed by atoms with Gasteiger partial charge in [-0.3, -0.25) is 23.9 Å². The lowest BCUT2D eigenvalue weighted by atomic mass is 10.2. The second-order valence-electron chi connectivity index (χ2n) is 8.43. The summed E-state index contributed by atoms with van der Waals surface area (Å²) in [5.41, 5.74) is 4.97. The lowest BCUT2D eigenvalue weighted by Gasteiger charge is -2.28. The quantitative estimate of drug-likeness (QED) is 0.569. The fraction of sp³-hybridized carbons (Fsp3) is 0.476. The molecule has 0 saturated carbocycles. The third-order valence-corrected chi connectivity index (χ3v) is 4.80. The molecule has 2 aromatic rings. The Balaban J connectivity index is 2.40. The zero-order valence-corrected chi connectivity index (χ0v) is 19.6. The molecule has 0 saturated heterocycles. The molecule has 2 heterocycles. The first-order valence-electron chi connectivity index (χ1n) is 10.2. The molecule has 0 bridgehead atoms. The Morgan fingerprint density at radius 2 is 1.84 bits per heavy atom. The second-order valence-corrected chi connectivity index (χ2v) is 8.81. The number of carbonyl (C=O) groups excluding carboxylic acids is 2. The van der Waals surface area contributed by atoms with Crippen LogP contribution >= 0.6 is 11.6 Å². The van der Waals surface area contributed by atoms with Crippen molar-refractivity contribution in [1.82, 2.24) is 19.4 Å². The molecule has 174 valence electrons. The Kier molecular flexibility index (Phi) is 8.20. The molecule has 11 heteroatoms. The molecular weight excluding hydrogens is 436 g/mol. The summed E-state index contributed by atoms with van der Waals surface area (Å²) < 4.78 is 1.25. The smallest absolute Gasteiger partial charge is 0.330 e. The number of nitrogens with one attached hydrogen (secondary N) is 1. The van der Waals surface area contributed by atoms with Crippen LogP contribution in [0, 0.1) is 11.8 Å². The third-order valence-electron chi connectivity index (χ3n) is 4.57. The number of anilines is 2. The summed E-state index contributed by atoms with van der Waals surface area (Å²) in [6.45, 7) is 7.71. The minimum atomic E-state index is -0.752. The minimum absolute atomic E-state index is 0.00954. The van der Waals surface area contributed by atoms with Gasteiger partial charge in [-0.1, -0.05) is 39.3 Å². The molecule has 0 aromatic carbocycles. The van der Waals surface area contributed by atoms with E-state index in [-0.39, 0.29) is 53.7 Å². The van der Waals surface area contributed by atoms with Crippen LogP contribution < -0.4 is 21.9 Å². The van der Waals surface area contributed by atoms with Crippen molar-refractivity contribution in [1.29, 1.82) is 0 Å². The number of nitrogens with zero attached hydrogens (tertiary/aromatic N) is 4. The Labute approximate surface area is 191 Å². The van der Waals surface area contributed by atoms with Gasteiger partial charge in [-0.25, -0.2) is 9.78 Å². The number of aromatic amines is 1. The van der Waals surface area contributed by atoms with Crippen molar-refractivity contribution in [2.75, 3.05) is 30.8 Å². The highest BCUT2D eigenvalue weighted by atomic mass is 35.5. The lowest BCUT2D eigenvalue weighted by Crippen LogP contribution is -2.47. The monoisotopic (exact) mass is 464 g/mol. The largest absolute Gasteiger partial charge is 0.383 e. The summed E-state index contributed by atoms with van der Waals surface area (Å²) >= 11 is 5.76. The molecular formula is C21H29ClN6O4. The highest BCUT2D eigenvalue weighted by Crippen LogP contribution is 2.20. The summed E-state index contributed by atoms with van der Waals surface area (Å²) in [5.74, 6) is -0.955. The zero-order chi connectivity index (χ0) is 24.2. The normalized spacial score (nSPS) is 11.1. The maximum atomic E-state index is 13.2. The summed E-state index contributed by atoms with van der Waals surface area (Å²) in [5, 5.41) is 0.245. The van der Waals surface area contributed by atoms with Crippen molar-refractivity contribution in [2.24, 2.45) is 11.8 Å². The van der Waals surface area contributed by atoms with Crippen molar-refractivity contribution in [3.8, 4) is 0 Å². The predicted molar refractivity (Wildman–Crippen MR) is 124 cm³/mol. The standard InChI is InChI=1S/C21H29ClN6O4/c1-12(2)9-27(17-18(23)28(10-13(3)4)21(32)25-19(17)30)16(29)11-26(5)20(31)14-6-7-15(22)24-8-14/h6-8,12-13H,9-11,23H2,1-5H3,(H,25,30,32). The van der Waals surface area contributed by atoms with Crippen LogP contribution in [-0.4, -0.2) is 51.4 Å². The maximum Gasteiger partial charge on any atom is 0.330 e. The number of hydrogen-bond acceptors (Lipinski definition) is 6. The van der Waals surface area contributed by atoms with Gasteiger partial charge in [-0.2, -0.15) is 0 Å². The van der Waals surface area contributed by atoms with Crippen LogP contribution in [0.5, 0.6) is 0 Å². The average molecular weight is 465 g/mol. The van der Waals surface area contributed by atoms with E-state index in [1.165, 1.54) is 39.7 Å².